The number of nitrogens with one attached hydrogen (secondary N) is 1. The van der Waals surface area contributed by atoms with Gasteiger partial charge in [-0.1, -0.05) is 49.0 Å². The highest BCUT2D eigenvalue weighted by atomic mass is 79.9. The van der Waals surface area contributed by atoms with Gasteiger partial charge in [-0.2, -0.15) is 0 Å². The minimum absolute atomic E-state index is 0.521. The van der Waals surface area contributed by atoms with Crippen LogP contribution in [0.4, 0.5) is 0 Å². The molecule has 0 aliphatic heterocycles. The van der Waals surface area contributed by atoms with E-state index in [1.54, 1.807) is 0 Å². The van der Waals surface area contributed by atoms with E-state index >= 15 is 0 Å². The van der Waals surface area contributed by atoms with Crippen molar-refractivity contribution in [3.8, 4) is 0 Å². The Labute approximate surface area is 128 Å². The number of unbranched alkanes of at least 4 members (excludes halogenated alkanes) is 1. The molecule has 0 fully saturated rings. The molecule has 0 bridgehead atoms. The van der Waals surface area contributed by atoms with Crippen LogP contribution in [0.3, 0.4) is 0 Å². The summed E-state index contributed by atoms with van der Waals surface area (Å²) in [4.78, 5) is 3.33. The Hall–Kier alpha value is -0.610. The van der Waals surface area contributed by atoms with Crippen molar-refractivity contribution in [3.05, 3.63) is 27.4 Å². The van der Waals surface area contributed by atoms with Crippen molar-refractivity contribution < 1.29 is 0 Å². The van der Waals surface area contributed by atoms with Gasteiger partial charge >= 0.3 is 0 Å². The first-order valence-electron chi connectivity index (χ1n) is 7.07. The summed E-state index contributed by atoms with van der Waals surface area (Å²) in [5, 5.41) is 0. The topological polar surface area (TPSA) is 20.7 Å². The monoisotopic (exact) mass is 340 g/mol. The van der Waals surface area contributed by atoms with E-state index in [1.165, 1.54) is 37.6 Å². The van der Waals surface area contributed by atoms with Gasteiger partial charge in [-0.3, -0.25) is 0 Å². The standard InChI is InChI=1S/C15H21BrN2S/c1-3-5-7-12(6-4-2)18-14-9-8-11(16)10-13(14)17-15(18)19/h8-10,12H,3-7H2,1-2H3,(H,17,19). The van der Waals surface area contributed by atoms with Gasteiger partial charge in [0.1, 0.15) is 0 Å². The molecule has 1 atom stereocenters. The summed E-state index contributed by atoms with van der Waals surface area (Å²) in [6.07, 6.45) is 6.09. The number of hydrogen-bond donors (Lipinski definition) is 1. The number of benzene rings is 1. The Kier molecular flexibility index (Phi) is 5.22. The minimum Gasteiger partial charge on any atom is -0.331 e. The molecule has 0 aliphatic rings. The summed E-state index contributed by atoms with van der Waals surface area (Å²) in [5.74, 6) is 0. The molecule has 1 aromatic heterocycles. The van der Waals surface area contributed by atoms with E-state index in [2.05, 4.69) is 57.5 Å². The maximum Gasteiger partial charge on any atom is 0.178 e. The van der Waals surface area contributed by atoms with Crippen LogP contribution < -0.4 is 0 Å². The molecule has 1 N–H and O–H groups in total. The van der Waals surface area contributed by atoms with Crippen molar-refractivity contribution in [2.45, 2.75) is 52.0 Å². The molecule has 2 rings (SSSR count). The fourth-order valence-electron chi connectivity index (χ4n) is 2.64. The van der Waals surface area contributed by atoms with Crippen LogP contribution in [0.5, 0.6) is 0 Å². The number of fused-ring (bicyclic) bond motifs is 1. The van der Waals surface area contributed by atoms with E-state index in [0.717, 1.165) is 14.8 Å². The van der Waals surface area contributed by atoms with Crippen LogP contribution in [0.2, 0.25) is 0 Å². The molecule has 2 aromatic rings. The number of aromatic amines is 1. The molecule has 0 saturated heterocycles. The van der Waals surface area contributed by atoms with E-state index < -0.39 is 0 Å². The molecule has 104 valence electrons. The zero-order valence-electron chi connectivity index (χ0n) is 11.6. The lowest BCUT2D eigenvalue weighted by atomic mass is 10.0. The smallest absolute Gasteiger partial charge is 0.178 e. The van der Waals surface area contributed by atoms with Crippen LogP contribution in [-0.4, -0.2) is 9.55 Å². The van der Waals surface area contributed by atoms with Gasteiger partial charge < -0.3 is 9.55 Å². The predicted molar refractivity (Wildman–Crippen MR) is 88.3 cm³/mol. The number of aromatic nitrogens is 2. The van der Waals surface area contributed by atoms with Crippen molar-refractivity contribution in [2.75, 3.05) is 0 Å². The lowest BCUT2D eigenvalue weighted by Gasteiger charge is -2.18. The van der Waals surface area contributed by atoms with Gasteiger partial charge in [0.15, 0.2) is 4.77 Å². The van der Waals surface area contributed by atoms with E-state index in [4.69, 9.17) is 12.2 Å². The Morgan fingerprint density at radius 2 is 2.05 bits per heavy atom. The van der Waals surface area contributed by atoms with Crippen molar-refractivity contribution in [1.82, 2.24) is 9.55 Å². The Morgan fingerprint density at radius 3 is 2.74 bits per heavy atom. The number of rotatable bonds is 6. The van der Waals surface area contributed by atoms with Gasteiger partial charge in [0.05, 0.1) is 11.0 Å². The Balaban J connectivity index is 2.46. The highest BCUT2D eigenvalue weighted by molar-refractivity contribution is 9.10. The Morgan fingerprint density at radius 1 is 1.26 bits per heavy atom. The quantitative estimate of drug-likeness (QED) is 0.640. The molecular weight excluding hydrogens is 320 g/mol. The summed E-state index contributed by atoms with van der Waals surface area (Å²) in [7, 11) is 0. The first-order valence-corrected chi connectivity index (χ1v) is 8.27. The molecule has 0 radical (unpaired) electrons. The first-order chi connectivity index (χ1) is 9.17. The largest absolute Gasteiger partial charge is 0.331 e. The van der Waals surface area contributed by atoms with Crippen LogP contribution in [0.1, 0.15) is 52.0 Å². The van der Waals surface area contributed by atoms with E-state index in [1.807, 2.05) is 0 Å². The summed E-state index contributed by atoms with van der Waals surface area (Å²) >= 11 is 9.04. The van der Waals surface area contributed by atoms with Gasteiger partial charge in [0.2, 0.25) is 0 Å². The van der Waals surface area contributed by atoms with Crippen LogP contribution in [0, 0.1) is 4.77 Å². The van der Waals surface area contributed by atoms with E-state index in [9.17, 15) is 0 Å². The Bertz CT molecular complexity index is 600. The number of imidazole rings is 1. The van der Waals surface area contributed by atoms with Gasteiger partial charge in [-0.15, -0.1) is 0 Å². The maximum absolute atomic E-state index is 5.53. The first kappa shape index (κ1) is 14.8. The van der Waals surface area contributed by atoms with Crippen LogP contribution in [0.25, 0.3) is 11.0 Å². The van der Waals surface area contributed by atoms with Gasteiger partial charge in [0, 0.05) is 10.5 Å². The second-order valence-corrected chi connectivity index (χ2v) is 6.35. The van der Waals surface area contributed by atoms with Crippen molar-refractivity contribution in [3.63, 3.8) is 0 Å². The highest BCUT2D eigenvalue weighted by Gasteiger charge is 2.14. The number of nitrogens with zero attached hydrogens (tertiary/aromatic N) is 1. The molecule has 19 heavy (non-hydrogen) atoms. The number of hydrogen-bond acceptors (Lipinski definition) is 1. The third-order valence-electron chi connectivity index (χ3n) is 3.56. The summed E-state index contributed by atoms with van der Waals surface area (Å²) in [6, 6.07) is 6.86. The third kappa shape index (κ3) is 3.29. The van der Waals surface area contributed by atoms with Gasteiger partial charge in [-0.05, 0) is 43.3 Å². The highest BCUT2D eigenvalue weighted by Crippen LogP contribution is 2.28. The average Bonchev–Trinajstić information content (AvgIpc) is 2.69. The number of halogens is 1. The fraction of sp³-hybridized carbons (Fsp3) is 0.533. The van der Waals surface area contributed by atoms with E-state index in [0.29, 0.717) is 6.04 Å². The molecule has 0 saturated carbocycles. The second kappa shape index (κ2) is 6.71. The lowest BCUT2D eigenvalue weighted by Crippen LogP contribution is -2.09. The van der Waals surface area contributed by atoms with Crippen LogP contribution in [-0.2, 0) is 0 Å². The zero-order chi connectivity index (χ0) is 13.8. The van der Waals surface area contributed by atoms with Crippen LogP contribution in [0.15, 0.2) is 22.7 Å². The molecule has 1 unspecified atom stereocenters. The predicted octanol–water partition coefficient (Wildman–Crippen LogP) is 5.99. The summed E-state index contributed by atoms with van der Waals surface area (Å²) in [6.45, 7) is 4.49. The van der Waals surface area contributed by atoms with Gasteiger partial charge in [0.25, 0.3) is 0 Å². The molecule has 1 heterocycles. The normalized spacial score (nSPS) is 13.0. The van der Waals surface area contributed by atoms with Crippen molar-refractivity contribution in [2.24, 2.45) is 0 Å². The van der Waals surface area contributed by atoms with Gasteiger partial charge in [-0.25, -0.2) is 0 Å². The van der Waals surface area contributed by atoms with E-state index in [-0.39, 0.29) is 0 Å². The zero-order valence-corrected chi connectivity index (χ0v) is 14.0. The molecule has 0 aliphatic carbocycles. The third-order valence-corrected chi connectivity index (χ3v) is 4.35. The molecule has 1 aromatic carbocycles. The summed E-state index contributed by atoms with van der Waals surface area (Å²) < 4.78 is 4.25. The lowest BCUT2D eigenvalue weighted by molar-refractivity contribution is 0.422. The number of H-pyrrole nitrogens is 1. The van der Waals surface area contributed by atoms with Crippen molar-refractivity contribution in [1.29, 1.82) is 0 Å². The minimum atomic E-state index is 0.521. The molecule has 4 heteroatoms. The van der Waals surface area contributed by atoms with Crippen LogP contribution >= 0.6 is 28.1 Å². The molecule has 0 spiro atoms. The fourth-order valence-corrected chi connectivity index (χ4v) is 3.36. The molecule has 0 amide bonds. The molecule has 2 nitrogen and oxygen atoms in total. The summed E-state index contributed by atoms with van der Waals surface area (Å²) in [5.41, 5.74) is 2.35. The van der Waals surface area contributed by atoms with Crippen molar-refractivity contribution >= 4 is 39.2 Å². The molecular formula is C15H21BrN2S. The second-order valence-electron chi connectivity index (χ2n) is 5.05. The SMILES string of the molecule is CCCCC(CCC)n1c(=S)[nH]c2cc(Br)ccc21. The maximum atomic E-state index is 5.53. The average molecular weight is 341 g/mol.